The summed E-state index contributed by atoms with van der Waals surface area (Å²) in [6.45, 7) is 17.5. The van der Waals surface area contributed by atoms with Crippen molar-refractivity contribution in [2.45, 2.75) is 93.4 Å². The molecule has 0 aromatic rings. The summed E-state index contributed by atoms with van der Waals surface area (Å²) in [4.78, 5) is 0. The van der Waals surface area contributed by atoms with Gasteiger partial charge in [-0.3, -0.25) is 0 Å². The maximum atomic E-state index is 2.59. The van der Waals surface area contributed by atoms with Crippen LogP contribution >= 0.6 is 0 Å². The first-order valence-electron chi connectivity index (χ1n) is 10.4. The first-order chi connectivity index (χ1) is 10.4. The molecule has 0 radical (unpaired) electrons. The van der Waals surface area contributed by atoms with Crippen molar-refractivity contribution in [3.05, 3.63) is 0 Å². The second kappa shape index (κ2) is 7.27. The fraction of sp³-hybridized carbons (Fsp3) is 1.00. The van der Waals surface area contributed by atoms with Gasteiger partial charge < -0.3 is 0 Å². The van der Waals surface area contributed by atoms with E-state index < -0.39 is 0 Å². The molecule has 0 spiro atoms. The van der Waals surface area contributed by atoms with Crippen molar-refractivity contribution in [1.82, 2.24) is 0 Å². The maximum Gasteiger partial charge on any atom is -0.0303 e. The highest BCUT2D eigenvalue weighted by atomic mass is 14.6. The smallest absolute Gasteiger partial charge is 0.0303 e. The molecule has 2 saturated carbocycles. The van der Waals surface area contributed by atoms with Gasteiger partial charge in [-0.05, 0) is 59.7 Å². The zero-order valence-corrected chi connectivity index (χ0v) is 16.5. The van der Waals surface area contributed by atoms with Crippen LogP contribution in [0.3, 0.4) is 0 Å². The molecule has 2 aliphatic rings. The normalized spacial score (nSPS) is 42.1. The Morgan fingerprint density at radius 1 is 1.05 bits per heavy atom. The molecule has 0 nitrogen and oxygen atoms in total. The zero-order chi connectivity index (χ0) is 16.5. The van der Waals surface area contributed by atoms with Crippen LogP contribution in [0.1, 0.15) is 93.4 Å². The van der Waals surface area contributed by atoms with Crippen molar-refractivity contribution in [1.29, 1.82) is 0 Å². The third-order valence-corrected chi connectivity index (χ3v) is 7.97. The van der Waals surface area contributed by atoms with Crippen molar-refractivity contribution >= 4 is 0 Å². The van der Waals surface area contributed by atoms with Gasteiger partial charge in [0, 0.05) is 0 Å². The van der Waals surface area contributed by atoms with Crippen molar-refractivity contribution in [2.24, 2.45) is 46.8 Å². The Hall–Kier alpha value is 0. The number of unbranched alkanes of at least 4 members (excludes halogenated alkanes) is 1. The zero-order valence-electron chi connectivity index (χ0n) is 16.5. The predicted octanol–water partition coefficient (Wildman–Crippen LogP) is 7.18. The topological polar surface area (TPSA) is 0 Å². The Kier molecular flexibility index (Phi) is 6.06. The highest BCUT2D eigenvalue weighted by Crippen LogP contribution is 2.62. The van der Waals surface area contributed by atoms with E-state index in [1.54, 1.807) is 0 Å². The van der Waals surface area contributed by atoms with Gasteiger partial charge in [0.2, 0.25) is 0 Å². The Morgan fingerprint density at radius 2 is 1.73 bits per heavy atom. The molecule has 2 aliphatic carbocycles. The van der Waals surface area contributed by atoms with E-state index in [1.165, 1.54) is 44.9 Å². The largest absolute Gasteiger partial charge is 0.0654 e. The van der Waals surface area contributed by atoms with Crippen LogP contribution < -0.4 is 0 Å². The first-order valence-corrected chi connectivity index (χ1v) is 10.4. The van der Waals surface area contributed by atoms with Crippen LogP contribution in [0.15, 0.2) is 0 Å². The highest BCUT2D eigenvalue weighted by Gasteiger charge is 2.54. The van der Waals surface area contributed by atoms with Crippen LogP contribution in [0.25, 0.3) is 0 Å². The van der Waals surface area contributed by atoms with Crippen LogP contribution in [0.4, 0.5) is 0 Å². The van der Waals surface area contributed by atoms with Crippen molar-refractivity contribution in [2.75, 3.05) is 0 Å². The lowest BCUT2D eigenvalue weighted by molar-refractivity contribution is -0.0670. The third-order valence-electron chi connectivity index (χ3n) is 7.97. The van der Waals surface area contributed by atoms with Gasteiger partial charge in [-0.25, -0.2) is 0 Å². The van der Waals surface area contributed by atoms with Gasteiger partial charge in [0.25, 0.3) is 0 Å². The van der Waals surface area contributed by atoms with Crippen LogP contribution in [0, 0.1) is 46.8 Å². The van der Waals surface area contributed by atoms with Crippen LogP contribution in [0.5, 0.6) is 0 Å². The molecule has 0 bridgehead atoms. The minimum absolute atomic E-state index is 0.610. The van der Waals surface area contributed by atoms with E-state index in [-0.39, 0.29) is 0 Å². The molecule has 0 heterocycles. The molecule has 7 atom stereocenters. The van der Waals surface area contributed by atoms with Crippen LogP contribution in [0.2, 0.25) is 0 Å². The molecule has 0 aromatic carbocycles. The molecule has 2 fully saturated rings. The summed E-state index contributed by atoms with van der Waals surface area (Å²) in [7, 11) is 0. The fourth-order valence-electron chi connectivity index (χ4n) is 6.55. The molecule has 0 aliphatic heterocycles. The minimum atomic E-state index is 0.610. The summed E-state index contributed by atoms with van der Waals surface area (Å²) in [5.74, 6) is 6.91. The monoisotopic (exact) mass is 306 g/mol. The van der Waals surface area contributed by atoms with Gasteiger partial charge >= 0.3 is 0 Å². The van der Waals surface area contributed by atoms with E-state index in [0.29, 0.717) is 5.41 Å². The minimum Gasteiger partial charge on any atom is -0.0654 e. The van der Waals surface area contributed by atoms with E-state index in [4.69, 9.17) is 0 Å². The summed E-state index contributed by atoms with van der Waals surface area (Å²) in [6.07, 6.45) is 10.1. The van der Waals surface area contributed by atoms with Crippen LogP contribution in [-0.4, -0.2) is 0 Å². The third kappa shape index (κ3) is 3.27. The molecule has 0 saturated heterocycles. The van der Waals surface area contributed by atoms with Crippen molar-refractivity contribution in [3.63, 3.8) is 0 Å². The summed E-state index contributed by atoms with van der Waals surface area (Å²) >= 11 is 0. The lowest BCUT2D eigenvalue weighted by Crippen LogP contribution is -2.48. The molecule has 130 valence electrons. The number of hydrogen-bond acceptors (Lipinski definition) is 0. The van der Waals surface area contributed by atoms with Crippen LogP contribution in [-0.2, 0) is 0 Å². The van der Waals surface area contributed by atoms with Crippen molar-refractivity contribution in [3.8, 4) is 0 Å². The van der Waals surface area contributed by atoms with Gasteiger partial charge in [-0.15, -0.1) is 0 Å². The highest BCUT2D eigenvalue weighted by molar-refractivity contribution is 5.03. The van der Waals surface area contributed by atoms with Gasteiger partial charge in [0.1, 0.15) is 0 Å². The first kappa shape index (κ1) is 18.3. The molecule has 2 rings (SSSR count). The maximum absolute atomic E-state index is 2.59. The number of rotatable bonds is 7. The summed E-state index contributed by atoms with van der Waals surface area (Å²) in [5, 5.41) is 0. The quantitative estimate of drug-likeness (QED) is 0.467. The molecule has 22 heavy (non-hydrogen) atoms. The predicted molar refractivity (Wildman–Crippen MR) is 98.9 cm³/mol. The van der Waals surface area contributed by atoms with E-state index in [0.717, 1.165) is 41.4 Å². The summed E-state index contributed by atoms with van der Waals surface area (Å²) in [6, 6.07) is 0. The fourth-order valence-corrected chi connectivity index (χ4v) is 6.55. The standard InChI is InChI=1S/C22H42/c1-8-11-12-17(9-2)19-13-20(16(5)15(19)4)21-18(10-3)14-22(21,6)7/h15-21H,8-14H2,1-7H3. The summed E-state index contributed by atoms with van der Waals surface area (Å²) < 4.78 is 0. The van der Waals surface area contributed by atoms with E-state index in [9.17, 15) is 0 Å². The van der Waals surface area contributed by atoms with Gasteiger partial charge in [0.15, 0.2) is 0 Å². The molecule has 0 aromatic heterocycles. The van der Waals surface area contributed by atoms with E-state index in [2.05, 4.69) is 48.5 Å². The second-order valence-corrected chi connectivity index (χ2v) is 9.48. The second-order valence-electron chi connectivity index (χ2n) is 9.48. The molecule has 7 unspecified atom stereocenters. The number of hydrogen-bond donors (Lipinski definition) is 0. The van der Waals surface area contributed by atoms with Gasteiger partial charge in [-0.2, -0.15) is 0 Å². The molecule has 0 heteroatoms. The molecule has 0 N–H and O–H groups in total. The Balaban J connectivity index is 2.09. The lowest BCUT2D eigenvalue weighted by Gasteiger charge is -2.56. The Labute approximate surface area is 140 Å². The molecular weight excluding hydrogens is 264 g/mol. The van der Waals surface area contributed by atoms with Gasteiger partial charge in [-0.1, -0.05) is 80.6 Å². The Bertz CT molecular complexity index is 342. The molecule has 0 amide bonds. The van der Waals surface area contributed by atoms with E-state index in [1.807, 2.05) is 0 Å². The van der Waals surface area contributed by atoms with Crippen molar-refractivity contribution < 1.29 is 0 Å². The average molecular weight is 307 g/mol. The summed E-state index contributed by atoms with van der Waals surface area (Å²) in [5.41, 5.74) is 0.610. The SMILES string of the molecule is CCCCC(CC)C1CC(C2C(CC)CC2(C)C)C(C)C1C. The molecular formula is C22H42. The van der Waals surface area contributed by atoms with Gasteiger partial charge in [0.05, 0.1) is 0 Å². The Morgan fingerprint density at radius 3 is 2.23 bits per heavy atom. The average Bonchev–Trinajstić information content (AvgIpc) is 2.75. The van der Waals surface area contributed by atoms with E-state index >= 15 is 0 Å². The lowest BCUT2D eigenvalue weighted by atomic mass is 9.49.